The van der Waals surface area contributed by atoms with E-state index >= 15 is 0 Å². The molecule has 8 nitrogen and oxygen atoms in total. The molecule has 9 heteroatoms. The maximum Gasteiger partial charge on any atom is 0.255 e. The summed E-state index contributed by atoms with van der Waals surface area (Å²) in [5.41, 5.74) is 1.95. The van der Waals surface area contributed by atoms with Crippen LogP contribution in [0, 0.1) is 17.2 Å². The Morgan fingerprint density at radius 1 is 1.29 bits per heavy atom. The molecule has 1 aliphatic carbocycles. The highest BCUT2D eigenvalue weighted by atomic mass is 19.1. The summed E-state index contributed by atoms with van der Waals surface area (Å²) in [6.07, 6.45) is 5.60. The van der Waals surface area contributed by atoms with Gasteiger partial charge in [-0.1, -0.05) is 6.92 Å². The molecule has 1 amide bonds. The zero-order valence-electron chi connectivity index (χ0n) is 20.3. The van der Waals surface area contributed by atoms with Crippen LogP contribution in [-0.2, 0) is 0 Å². The second-order valence-corrected chi connectivity index (χ2v) is 9.96. The molecule has 1 atom stereocenters. The standard InChI is InChI=1S/C26H31FN6O2/c1-16-4-6-18(7-5-16)32-21-11-22(23-9-8-19-10-17(12-28)13-31-33(19)23)29-14-20(21)25(34)30-15-24(27)26(2,3)35/h8-11,13-14,16,18,24,35H,4-7,15H2,1-3H3,(H,29,32)(H,30,34)/t16?,18?,24-/m1/s1. The number of nitrogens with zero attached hydrogens (tertiary/aromatic N) is 4. The normalized spacial score (nSPS) is 19.2. The van der Waals surface area contributed by atoms with Crippen molar-refractivity contribution in [3.63, 3.8) is 0 Å². The number of nitrogens with one attached hydrogen (secondary N) is 2. The lowest BCUT2D eigenvalue weighted by molar-refractivity contribution is -0.00177. The Morgan fingerprint density at radius 3 is 2.71 bits per heavy atom. The number of anilines is 1. The fourth-order valence-corrected chi connectivity index (χ4v) is 4.30. The van der Waals surface area contributed by atoms with E-state index in [0.29, 0.717) is 28.4 Å². The number of rotatable bonds is 7. The van der Waals surface area contributed by atoms with E-state index in [9.17, 15) is 14.3 Å². The molecule has 0 spiro atoms. The van der Waals surface area contributed by atoms with E-state index in [4.69, 9.17) is 5.26 Å². The minimum atomic E-state index is -1.61. The van der Waals surface area contributed by atoms with Crippen molar-refractivity contribution in [3.8, 4) is 17.5 Å². The topological polar surface area (TPSA) is 115 Å². The van der Waals surface area contributed by atoms with Gasteiger partial charge < -0.3 is 15.7 Å². The van der Waals surface area contributed by atoms with Gasteiger partial charge in [-0.05, 0) is 69.7 Å². The summed E-state index contributed by atoms with van der Waals surface area (Å²) in [4.78, 5) is 17.5. The van der Waals surface area contributed by atoms with Crippen molar-refractivity contribution in [2.24, 2.45) is 5.92 Å². The number of carbonyl (C=O) groups excluding carboxylic acids is 1. The molecule has 35 heavy (non-hydrogen) atoms. The highest BCUT2D eigenvalue weighted by Gasteiger charge is 2.28. The lowest BCUT2D eigenvalue weighted by Gasteiger charge is -2.28. The number of halogens is 1. The number of fused-ring (bicyclic) bond motifs is 1. The molecule has 0 aliphatic heterocycles. The Balaban J connectivity index is 1.65. The van der Waals surface area contributed by atoms with Crippen molar-refractivity contribution >= 4 is 17.1 Å². The number of amides is 1. The number of carbonyl (C=O) groups is 1. The van der Waals surface area contributed by atoms with Crippen molar-refractivity contribution in [2.75, 3.05) is 11.9 Å². The first kappa shape index (κ1) is 24.6. The number of aliphatic hydroxyl groups is 1. The average molecular weight is 479 g/mol. The molecule has 1 aliphatic rings. The SMILES string of the molecule is CC1CCC(Nc2cc(-c3ccc4cc(C#N)cnn34)ncc2C(=O)NC[C@@H](F)C(C)(C)O)CC1. The Hall–Kier alpha value is -3.51. The van der Waals surface area contributed by atoms with Crippen LogP contribution in [0.15, 0.2) is 36.7 Å². The second kappa shape index (κ2) is 10.0. The van der Waals surface area contributed by atoms with Crippen LogP contribution in [0.25, 0.3) is 16.9 Å². The number of nitriles is 1. The number of aromatic nitrogens is 3. The molecule has 0 aromatic carbocycles. The van der Waals surface area contributed by atoms with Gasteiger partial charge in [0.05, 0.1) is 52.1 Å². The Morgan fingerprint density at radius 2 is 2.03 bits per heavy atom. The number of alkyl halides is 1. The quantitative estimate of drug-likeness (QED) is 0.471. The molecule has 3 heterocycles. The van der Waals surface area contributed by atoms with Gasteiger partial charge in [0.25, 0.3) is 5.91 Å². The minimum absolute atomic E-state index is 0.221. The molecular formula is C26H31FN6O2. The lowest BCUT2D eigenvalue weighted by atomic mass is 9.87. The van der Waals surface area contributed by atoms with Gasteiger partial charge in [0.1, 0.15) is 12.2 Å². The third-order valence-corrected chi connectivity index (χ3v) is 6.62. The fraction of sp³-hybridized carbons (Fsp3) is 0.462. The van der Waals surface area contributed by atoms with Crippen LogP contribution in [0.2, 0.25) is 0 Å². The van der Waals surface area contributed by atoms with E-state index in [-0.39, 0.29) is 12.6 Å². The molecule has 0 radical (unpaired) electrons. The van der Waals surface area contributed by atoms with Gasteiger partial charge in [0, 0.05) is 12.2 Å². The summed E-state index contributed by atoms with van der Waals surface area (Å²) in [6, 6.07) is 9.60. The van der Waals surface area contributed by atoms with Gasteiger partial charge in [-0.25, -0.2) is 8.91 Å². The second-order valence-electron chi connectivity index (χ2n) is 9.96. The number of hydrogen-bond acceptors (Lipinski definition) is 6. The summed E-state index contributed by atoms with van der Waals surface area (Å²) < 4.78 is 15.9. The van der Waals surface area contributed by atoms with Crippen LogP contribution < -0.4 is 10.6 Å². The molecule has 0 saturated heterocycles. The van der Waals surface area contributed by atoms with Gasteiger partial charge in [0.2, 0.25) is 0 Å². The summed E-state index contributed by atoms with van der Waals surface area (Å²) in [5.74, 6) is 0.225. The third kappa shape index (κ3) is 5.60. The average Bonchev–Trinajstić information content (AvgIpc) is 3.26. The molecule has 184 valence electrons. The molecule has 4 rings (SSSR count). The molecule has 3 aromatic heterocycles. The molecule has 0 bridgehead atoms. The molecule has 0 unspecified atom stereocenters. The largest absolute Gasteiger partial charge is 0.387 e. The maximum absolute atomic E-state index is 14.2. The first-order valence-electron chi connectivity index (χ1n) is 11.9. The van der Waals surface area contributed by atoms with Crippen molar-refractivity contribution < 1.29 is 14.3 Å². The number of hydrogen-bond donors (Lipinski definition) is 3. The van der Waals surface area contributed by atoms with Crippen molar-refractivity contribution in [1.82, 2.24) is 19.9 Å². The highest BCUT2D eigenvalue weighted by molar-refractivity contribution is 6.00. The zero-order chi connectivity index (χ0) is 25.2. The highest BCUT2D eigenvalue weighted by Crippen LogP contribution is 2.30. The summed E-state index contributed by atoms with van der Waals surface area (Å²) in [7, 11) is 0. The van der Waals surface area contributed by atoms with Gasteiger partial charge in [-0.2, -0.15) is 10.4 Å². The van der Waals surface area contributed by atoms with E-state index in [0.717, 1.165) is 36.9 Å². The van der Waals surface area contributed by atoms with Gasteiger partial charge >= 0.3 is 0 Å². The van der Waals surface area contributed by atoms with Crippen LogP contribution in [0.1, 0.15) is 62.4 Å². The Labute approximate surface area is 204 Å². The van der Waals surface area contributed by atoms with E-state index < -0.39 is 17.7 Å². The molecule has 1 saturated carbocycles. The Bertz CT molecular complexity index is 1250. The zero-order valence-corrected chi connectivity index (χ0v) is 20.3. The predicted molar refractivity (Wildman–Crippen MR) is 132 cm³/mol. The van der Waals surface area contributed by atoms with Crippen LogP contribution in [0.4, 0.5) is 10.1 Å². The summed E-state index contributed by atoms with van der Waals surface area (Å²) in [5, 5.41) is 29.5. The third-order valence-electron chi connectivity index (χ3n) is 6.62. The smallest absolute Gasteiger partial charge is 0.255 e. The monoisotopic (exact) mass is 478 g/mol. The molecule has 1 fully saturated rings. The van der Waals surface area contributed by atoms with E-state index in [1.165, 1.54) is 26.2 Å². The van der Waals surface area contributed by atoms with E-state index in [2.05, 4.69) is 33.7 Å². The number of pyridine rings is 1. The van der Waals surface area contributed by atoms with Gasteiger partial charge in [-0.3, -0.25) is 9.78 Å². The van der Waals surface area contributed by atoms with Crippen molar-refractivity contribution in [3.05, 3.63) is 47.8 Å². The van der Waals surface area contributed by atoms with E-state index in [1.54, 1.807) is 10.6 Å². The fourth-order valence-electron chi connectivity index (χ4n) is 4.30. The first-order chi connectivity index (χ1) is 16.7. The van der Waals surface area contributed by atoms with Crippen molar-refractivity contribution in [2.45, 2.75) is 64.3 Å². The minimum Gasteiger partial charge on any atom is -0.387 e. The summed E-state index contributed by atoms with van der Waals surface area (Å²) in [6.45, 7) is 4.68. The van der Waals surface area contributed by atoms with Crippen LogP contribution in [-0.4, -0.2) is 50.0 Å². The molecular weight excluding hydrogens is 447 g/mol. The Kier molecular flexibility index (Phi) is 7.03. The lowest BCUT2D eigenvalue weighted by Crippen LogP contribution is -2.42. The predicted octanol–water partition coefficient (Wildman–Crippen LogP) is 4.10. The van der Waals surface area contributed by atoms with E-state index in [1.807, 2.05) is 18.2 Å². The molecule has 3 N–H and O–H groups in total. The maximum atomic E-state index is 14.2. The molecule has 3 aromatic rings. The van der Waals surface area contributed by atoms with Gasteiger partial charge in [0.15, 0.2) is 0 Å². The van der Waals surface area contributed by atoms with Crippen LogP contribution in [0.3, 0.4) is 0 Å². The van der Waals surface area contributed by atoms with Gasteiger partial charge in [-0.15, -0.1) is 0 Å². The van der Waals surface area contributed by atoms with Crippen molar-refractivity contribution in [1.29, 1.82) is 5.26 Å². The first-order valence-corrected chi connectivity index (χ1v) is 11.9. The van der Waals surface area contributed by atoms with Crippen LogP contribution in [0.5, 0.6) is 0 Å². The van der Waals surface area contributed by atoms with Crippen LogP contribution >= 0.6 is 0 Å². The summed E-state index contributed by atoms with van der Waals surface area (Å²) >= 11 is 0.